The second kappa shape index (κ2) is 7.65. The lowest BCUT2D eigenvalue weighted by Crippen LogP contribution is -2.27. The number of carboxylic acids is 1. The molecule has 0 aliphatic heterocycles. The van der Waals surface area contributed by atoms with Gasteiger partial charge < -0.3 is 14.6 Å². The Bertz CT molecular complexity index is 179. The van der Waals surface area contributed by atoms with Gasteiger partial charge in [0.25, 0.3) is 0 Å². The molecule has 0 fully saturated rings. The summed E-state index contributed by atoms with van der Waals surface area (Å²) < 4.78 is 10.6. The molecule has 2 unspecified atom stereocenters. The van der Waals surface area contributed by atoms with Crippen molar-refractivity contribution in [3.05, 3.63) is 0 Å². The number of hydrogen-bond donors (Lipinski definition) is 1. The largest absolute Gasteiger partial charge is 0.479 e. The van der Waals surface area contributed by atoms with E-state index in [0.717, 1.165) is 0 Å². The molecule has 0 saturated carbocycles. The summed E-state index contributed by atoms with van der Waals surface area (Å²) in [5, 5.41) is 8.80. The highest BCUT2D eigenvalue weighted by atomic mass is 16.5. The number of carboxylic acid groups (broad SMARTS) is 1. The predicted octanol–water partition coefficient (Wildman–Crippen LogP) is 1.93. The van der Waals surface area contributed by atoms with Crippen molar-refractivity contribution in [1.82, 2.24) is 0 Å². The lowest BCUT2D eigenvalue weighted by atomic mass is 10.1. The van der Waals surface area contributed by atoms with Gasteiger partial charge in [0.1, 0.15) is 0 Å². The molecule has 1 N–H and O–H groups in total. The normalized spacial score (nSPS) is 15.3. The van der Waals surface area contributed by atoms with Gasteiger partial charge in [-0.1, -0.05) is 13.8 Å². The molecule has 0 heterocycles. The topological polar surface area (TPSA) is 55.8 Å². The van der Waals surface area contributed by atoms with E-state index in [4.69, 9.17) is 14.6 Å². The molecule has 0 aromatic rings. The van der Waals surface area contributed by atoms with Gasteiger partial charge in [-0.25, -0.2) is 4.79 Å². The summed E-state index contributed by atoms with van der Waals surface area (Å²) in [4.78, 5) is 10.7. The second-order valence-electron chi connectivity index (χ2n) is 3.89. The van der Waals surface area contributed by atoms with Crippen molar-refractivity contribution in [2.24, 2.45) is 5.92 Å². The summed E-state index contributed by atoms with van der Waals surface area (Å²) in [5.41, 5.74) is 0. The van der Waals surface area contributed by atoms with E-state index in [-0.39, 0.29) is 6.10 Å². The SMILES string of the molecule is CCOC(CCOC(C)C(C)C)C(=O)O. The molecular formula is C11H22O4. The van der Waals surface area contributed by atoms with Crippen LogP contribution in [0.3, 0.4) is 0 Å². The molecule has 0 rings (SSSR count). The fourth-order valence-corrected chi connectivity index (χ4v) is 1.03. The van der Waals surface area contributed by atoms with E-state index in [1.165, 1.54) is 0 Å². The molecule has 0 radical (unpaired) electrons. The number of ether oxygens (including phenoxy) is 2. The second-order valence-corrected chi connectivity index (χ2v) is 3.89. The summed E-state index contributed by atoms with van der Waals surface area (Å²) in [6.07, 6.45) is -0.185. The van der Waals surface area contributed by atoms with Crippen molar-refractivity contribution in [1.29, 1.82) is 0 Å². The lowest BCUT2D eigenvalue weighted by molar-refractivity contribution is -0.151. The quantitative estimate of drug-likeness (QED) is 0.676. The third-order valence-corrected chi connectivity index (χ3v) is 2.34. The van der Waals surface area contributed by atoms with E-state index in [1.807, 2.05) is 6.92 Å². The molecule has 0 aromatic carbocycles. The summed E-state index contributed by atoms with van der Waals surface area (Å²) >= 11 is 0. The number of aliphatic carboxylic acids is 1. The Hall–Kier alpha value is -0.610. The summed E-state index contributed by atoms with van der Waals surface area (Å²) in [7, 11) is 0. The zero-order chi connectivity index (χ0) is 11.8. The van der Waals surface area contributed by atoms with Crippen LogP contribution in [0.2, 0.25) is 0 Å². The van der Waals surface area contributed by atoms with E-state index in [1.54, 1.807) is 6.92 Å². The van der Waals surface area contributed by atoms with Crippen LogP contribution in [-0.4, -0.2) is 36.5 Å². The molecule has 0 saturated heterocycles. The van der Waals surface area contributed by atoms with Crippen LogP contribution < -0.4 is 0 Å². The highest BCUT2D eigenvalue weighted by molar-refractivity contribution is 5.72. The highest BCUT2D eigenvalue weighted by Crippen LogP contribution is 2.07. The van der Waals surface area contributed by atoms with Gasteiger partial charge in [-0.05, 0) is 19.8 Å². The smallest absolute Gasteiger partial charge is 0.332 e. The minimum Gasteiger partial charge on any atom is -0.479 e. The van der Waals surface area contributed by atoms with E-state index in [9.17, 15) is 4.79 Å². The molecule has 0 bridgehead atoms. The predicted molar refractivity (Wildman–Crippen MR) is 57.9 cm³/mol. The van der Waals surface area contributed by atoms with Crippen molar-refractivity contribution < 1.29 is 19.4 Å². The van der Waals surface area contributed by atoms with Gasteiger partial charge >= 0.3 is 5.97 Å². The third kappa shape index (κ3) is 6.47. The fourth-order valence-electron chi connectivity index (χ4n) is 1.03. The highest BCUT2D eigenvalue weighted by Gasteiger charge is 2.17. The van der Waals surface area contributed by atoms with E-state index < -0.39 is 12.1 Å². The first kappa shape index (κ1) is 14.4. The Morgan fingerprint density at radius 2 is 1.87 bits per heavy atom. The average molecular weight is 218 g/mol. The molecule has 90 valence electrons. The Morgan fingerprint density at radius 3 is 2.27 bits per heavy atom. The van der Waals surface area contributed by atoms with E-state index in [2.05, 4.69) is 13.8 Å². The summed E-state index contributed by atoms with van der Waals surface area (Å²) in [6, 6.07) is 0. The van der Waals surface area contributed by atoms with Crippen LogP contribution >= 0.6 is 0 Å². The average Bonchev–Trinajstić information content (AvgIpc) is 2.15. The van der Waals surface area contributed by atoms with Crippen LogP contribution in [0.1, 0.15) is 34.1 Å². The fraction of sp³-hybridized carbons (Fsp3) is 0.909. The third-order valence-electron chi connectivity index (χ3n) is 2.34. The van der Waals surface area contributed by atoms with Crippen molar-refractivity contribution in [2.75, 3.05) is 13.2 Å². The first-order chi connectivity index (χ1) is 6.99. The molecular weight excluding hydrogens is 196 g/mol. The van der Waals surface area contributed by atoms with Gasteiger partial charge in [-0.2, -0.15) is 0 Å². The van der Waals surface area contributed by atoms with Crippen LogP contribution in [0.25, 0.3) is 0 Å². The molecule has 2 atom stereocenters. The maximum atomic E-state index is 10.7. The van der Waals surface area contributed by atoms with Gasteiger partial charge in [0.2, 0.25) is 0 Å². The van der Waals surface area contributed by atoms with Crippen molar-refractivity contribution in [2.45, 2.75) is 46.3 Å². The van der Waals surface area contributed by atoms with Crippen molar-refractivity contribution >= 4 is 5.97 Å². The van der Waals surface area contributed by atoms with Gasteiger partial charge in [0.05, 0.1) is 6.10 Å². The number of carbonyl (C=O) groups is 1. The Labute approximate surface area is 91.6 Å². The Morgan fingerprint density at radius 1 is 1.27 bits per heavy atom. The molecule has 0 aliphatic rings. The van der Waals surface area contributed by atoms with Crippen molar-refractivity contribution in [3.8, 4) is 0 Å². The van der Waals surface area contributed by atoms with Crippen LogP contribution in [0, 0.1) is 5.92 Å². The van der Waals surface area contributed by atoms with Crippen molar-refractivity contribution in [3.63, 3.8) is 0 Å². The van der Waals surface area contributed by atoms with Gasteiger partial charge in [-0.15, -0.1) is 0 Å². The van der Waals surface area contributed by atoms with Gasteiger partial charge in [0.15, 0.2) is 6.10 Å². The molecule has 0 amide bonds. The molecule has 15 heavy (non-hydrogen) atoms. The first-order valence-electron chi connectivity index (χ1n) is 5.45. The molecule has 4 heteroatoms. The Balaban J connectivity index is 3.75. The van der Waals surface area contributed by atoms with Gasteiger partial charge in [-0.3, -0.25) is 0 Å². The minimum absolute atomic E-state index is 0.154. The maximum Gasteiger partial charge on any atom is 0.332 e. The van der Waals surface area contributed by atoms with Gasteiger partial charge in [0, 0.05) is 19.6 Å². The van der Waals surface area contributed by atoms with E-state index in [0.29, 0.717) is 25.6 Å². The summed E-state index contributed by atoms with van der Waals surface area (Å²) in [5.74, 6) is -0.474. The minimum atomic E-state index is -0.919. The monoisotopic (exact) mass is 218 g/mol. The van der Waals surface area contributed by atoms with Crippen LogP contribution in [0.4, 0.5) is 0 Å². The summed E-state index contributed by atoms with van der Waals surface area (Å²) in [6.45, 7) is 8.76. The molecule has 4 nitrogen and oxygen atoms in total. The molecule has 0 aromatic heterocycles. The standard InChI is InChI=1S/C11H22O4/c1-5-14-10(11(12)13)6-7-15-9(4)8(2)3/h8-10H,5-7H2,1-4H3,(H,12,13). The van der Waals surface area contributed by atoms with E-state index >= 15 is 0 Å². The van der Waals surface area contributed by atoms with Crippen LogP contribution in [0.5, 0.6) is 0 Å². The number of rotatable bonds is 8. The zero-order valence-electron chi connectivity index (χ0n) is 10.0. The lowest BCUT2D eigenvalue weighted by Gasteiger charge is -2.18. The molecule has 0 aliphatic carbocycles. The zero-order valence-corrected chi connectivity index (χ0v) is 10.0. The molecule has 0 spiro atoms. The van der Waals surface area contributed by atoms with Crippen LogP contribution in [-0.2, 0) is 14.3 Å². The van der Waals surface area contributed by atoms with Crippen LogP contribution in [0.15, 0.2) is 0 Å². The number of hydrogen-bond acceptors (Lipinski definition) is 3. The first-order valence-corrected chi connectivity index (χ1v) is 5.45. The maximum absolute atomic E-state index is 10.7. The Kier molecular flexibility index (Phi) is 7.34.